The Labute approximate surface area is 110 Å². The molecule has 2 heterocycles. The van der Waals surface area contributed by atoms with E-state index in [4.69, 9.17) is 0 Å². The van der Waals surface area contributed by atoms with Crippen LogP contribution >= 0.6 is 11.3 Å². The Bertz CT molecular complexity index is 550. The topological polar surface area (TPSA) is 49.2 Å². The molecule has 4 nitrogen and oxygen atoms in total. The summed E-state index contributed by atoms with van der Waals surface area (Å²) in [4.78, 5) is 13.3. The van der Waals surface area contributed by atoms with Gasteiger partial charge in [0.05, 0.1) is 12.0 Å². The lowest BCUT2D eigenvalue weighted by Gasteiger charge is -2.38. The van der Waals surface area contributed by atoms with Gasteiger partial charge in [-0.2, -0.15) is 0 Å². The molecule has 0 unspecified atom stereocenters. The van der Waals surface area contributed by atoms with Crippen LogP contribution in [0, 0.1) is 6.92 Å². The number of aliphatic hydroxyl groups is 1. The van der Waals surface area contributed by atoms with Crippen LogP contribution in [0.25, 0.3) is 10.2 Å². The fourth-order valence-electron chi connectivity index (χ4n) is 2.46. The molecule has 1 saturated carbocycles. The second kappa shape index (κ2) is 4.82. The van der Waals surface area contributed by atoms with Crippen molar-refractivity contribution >= 4 is 27.4 Å². The molecule has 0 atom stereocenters. The van der Waals surface area contributed by atoms with Crippen molar-refractivity contribution in [2.45, 2.75) is 32.2 Å². The van der Waals surface area contributed by atoms with Gasteiger partial charge in [-0.25, -0.2) is 9.97 Å². The Hall–Kier alpha value is -1.20. The van der Waals surface area contributed by atoms with E-state index >= 15 is 0 Å². The van der Waals surface area contributed by atoms with Crippen molar-refractivity contribution in [3.63, 3.8) is 0 Å². The highest BCUT2D eigenvalue weighted by Gasteiger charge is 2.27. The van der Waals surface area contributed by atoms with Gasteiger partial charge in [-0.1, -0.05) is 0 Å². The van der Waals surface area contributed by atoms with E-state index in [-0.39, 0.29) is 6.61 Å². The van der Waals surface area contributed by atoms with Crippen molar-refractivity contribution in [3.8, 4) is 0 Å². The fraction of sp³-hybridized carbons (Fsp3) is 0.538. The lowest BCUT2D eigenvalue weighted by atomic mass is 9.91. The minimum absolute atomic E-state index is 0.172. The highest BCUT2D eigenvalue weighted by Crippen LogP contribution is 2.34. The maximum absolute atomic E-state index is 9.26. The molecule has 96 valence electrons. The molecule has 5 heteroatoms. The molecule has 0 aliphatic heterocycles. The van der Waals surface area contributed by atoms with Gasteiger partial charge in [0.15, 0.2) is 0 Å². The van der Waals surface area contributed by atoms with E-state index in [1.54, 1.807) is 17.7 Å². The van der Waals surface area contributed by atoms with E-state index in [1.807, 2.05) is 0 Å². The molecule has 1 fully saturated rings. The van der Waals surface area contributed by atoms with E-state index in [2.05, 4.69) is 27.9 Å². The summed E-state index contributed by atoms with van der Waals surface area (Å²) in [6.07, 6.45) is 5.32. The average Bonchev–Trinajstić information content (AvgIpc) is 2.66. The van der Waals surface area contributed by atoms with Crippen molar-refractivity contribution in [3.05, 3.63) is 17.3 Å². The van der Waals surface area contributed by atoms with Crippen molar-refractivity contribution in [1.29, 1.82) is 0 Å². The minimum Gasteiger partial charge on any atom is -0.395 e. The normalized spacial score (nSPS) is 15.9. The number of aryl methyl sites for hydroxylation is 1. The van der Waals surface area contributed by atoms with E-state index in [1.165, 1.54) is 24.1 Å². The number of aromatic nitrogens is 2. The molecule has 2 aromatic rings. The van der Waals surface area contributed by atoms with Crippen LogP contribution in [0.1, 0.15) is 24.1 Å². The zero-order chi connectivity index (χ0) is 12.5. The number of hydrogen-bond donors (Lipinski definition) is 1. The number of aliphatic hydroxyl groups excluding tert-OH is 1. The van der Waals surface area contributed by atoms with Gasteiger partial charge < -0.3 is 10.0 Å². The van der Waals surface area contributed by atoms with Crippen LogP contribution in [0.3, 0.4) is 0 Å². The van der Waals surface area contributed by atoms with Gasteiger partial charge in [0.25, 0.3) is 0 Å². The maximum Gasteiger partial charge on any atom is 0.141 e. The lowest BCUT2D eigenvalue weighted by Crippen LogP contribution is -2.42. The number of rotatable bonds is 4. The SMILES string of the molecule is Cc1cc2c(N(CCO)C3CCC3)ncnc2s1. The summed E-state index contributed by atoms with van der Waals surface area (Å²) in [5, 5.41) is 10.4. The summed E-state index contributed by atoms with van der Waals surface area (Å²) in [5.41, 5.74) is 0. The Kier molecular flexibility index (Phi) is 3.18. The largest absolute Gasteiger partial charge is 0.395 e. The third kappa shape index (κ3) is 1.97. The molecule has 1 N–H and O–H groups in total. The molecule has 0 bridgehead atoms. The van der Waals surface area contributed by atoms with Crippen LogP contribution in [0.15, 0.2) is 12.4 Å². The summed E-state index contributed by atoms with van der Waals surface area (Å²) in [7, 11) is 0. The molecule has 0 radical (unpaired) electrons. The van der Waals surface area contributed by atoms with Crippen LogP contribution in [-0.2, 0) is 0 Å². The number of nitrogens with zero attached hydrogens (tertiary/aromatic N) is 3. The number of fused-ring (bicyclic) bond motifs is 1. The molecule has 0 amide bonds. The molecule has 1 aliphatic rings. The smallest absolute Gasteiger partial charge is 0.141 e. The summed E-state index contributed by atoms with van der Waals surface area (Å²) in [5.74, 6) is 0.989. The summed E-state index contributed by atoms with van der Waals surface area (Å²) in [6, 6.07) is 2.69. The summed E-state index contributed by atoms with van der Waals surface area (Å²) < 4.78 is 0. The van der Waals surface area contributed by atoms with Gasteiger partial charge in [-0.3, -0.25) is 0 Å². The Morgan fingerprint density at radius 3 is 2.94 bits per heavy atom. The first kappa shape index (κ1) is 11.9. The van der Waals surface area contributed by atoms with Crippen molar-refractivity contribution in [2.75, 3.05) is 18.1 Å². The van der Waals surface area contributed by atoms with E-state index in [0.717, 1.165) is 16.0 Å². The summed E-state index contributed by atoms with van der Waals surface area (Å²) >= 11 is 1.70. The van der Waals surface area contributed by atoms with Crippen LogP contribution in [-0.4, -0.2) is 34.3 Å². The lowest BCUT2D eigenvalue weighted by molar-refractivity contribution is 0.283. The van der Waals surface area contributed by atoms with E-state index in [0.29, 0.717) is 12.6 Å². The van der Waals surface area contributed by atoms with Crippen LogP contribution < -0.4 is 4.90 Å². The zero-order valence-electron chi connectivity index (χ0n) is 10.5. The molecular weight excluding hydrogens is 246 g/mol. The number of thiophene rings is 1. The Balaban J connectivity index is 2.04. The third-order valence-corrected chi connectivity index (χ3v) is 4.52. The van der Waals surface area contributed by atoms with Crippen molar-refractivity contribution < 1.29 is 5.11 Å². The number of hydrogen-bond acceptors (Lipinski definition) is 5. The predicted molar refractivity (Wildman–Crippen MR) is 74.2 cm³/mol. The molecule has 1 aliphatic carbocycles. The molecule has 2 aromatic heterocycles. The quantitative estimate of drug-likeness (QED) is 0.920. The molecule has 18 heavy (non-hydrogen) atoms. The first-order valence-corrected chi connectivity index (χ1v) is 7.20. The fourth-order valence-corrected chi connectivity index (χ4v) is 3.30. The highest BCUT2D eigenvalue weighted by molar-refractivity contribution is 7.18. The first-order valence-electron chi connectivity index (χ1n) is 6.38. The Morgan fingerprint density at radius 1 is 1.44 bits per heavy atom. The van der Waals surface area contributed by atoms with Gasteiger partial charge in [0.2, 0.25) is 0 Å². The maximum atomic E-state index is 9.26. The molecular formula is C13H17N3OS. The van der Waals surface area contributed by atoms with Gasteiger partial charge in [0.1, 0.15) is 17.0 Å². The third-order valence-electron chi connectivity index (χ3n) is 3.56. The molecule has 3 rings (SSSR count). The minimum atomic E-state index is 0.172. The van der Waals surface area contributed by atoms with Crippen LogP contribution in [0.2, 0.25) is 0 Å². The molecule has 0 saturated heterocycles. The monoisotopic (exact) mass is 263 g/mol. The van der Waals surface area contributed by atoms with Crippen molar-refractivity contribution in [2.24, 2.45) is 0 Å². The average molecular weight is 263 g/mol. The number of anilines is 1. The van der Waals surface area contributed by atoms with Gasteiger partial charge in [0, 0.05) is 17.5 Å². The van der Waals surface area contributed by atoms with Gasteiger partial charge in [-0.15, -0.1) is 11.3 Å². The predicted octanol–water partition coefficient (Wildman–Crippen LogP) is 2.35. The molecule has 0 aromatic carbocycles. The standard InChI is InChI=1S/C13H17N3OS/c1-9-7-11-12(14-8-15-13(11)18-9)16(5-6-17)10-3-2-4-10/h7-8,10,17H,2-6H2,1H3. The molecule has 0 spiro atoms. The second-order valence-electron chi connectivity index (χ2n) is 4.77. The Morgan fingerprint density at radius 2 is 2.28 bits per heavy atom. The van der Waals surface area contributed by atoms with E-state index in [9.17, 15) is 5.11 Å². The van der Waals surface area contributed by atoms with Gasteiger partial charge in [-0.05, 0) is 32.3 Å². The van der Waals surface area contributed by atoms with Crippen LogP contribution in [0.4, 0.5) is 5.82 Å². The highest BCUT2D eigenvalue weighted by atomic mass is 32.1. The zero-order valence-corrected chi connectivity index (χ0v) is 11.3. The van der Waals surface area contributed by atoms with Crippen LogP contribution in [0.5, 0.6) is 0 Å². The van der Waals surface area contributed by atoms with E-state index < -0.39 is 0 Å². The van der Waals surface area contributed by atoms with Gasteiger partial charge >= 0.3 is 0 Å². The first-order chi connectivity index (χ1) is 8.79. The van der Waals surface area contributed by atoms with Crippen molar-refractivity contribution in [1.82, 2.24) is 9.97 Å². The summed E-state index contributed by atoms with van der Waals surface area (Å²) in [6.45, 7) is 2.92. The second-order valence-corrected chi connectivity index (χ2v) is 6.01.